The predicted octanol–water partition coefficient (Wildman–Crippen LogP) is 5.27. The van der Waals surface area contributed by atoms with Crippen LogP contribution in [0.1, 0.15) is 44.4 Å². The van der Waals surface area contributed by atoms with Gasteiger partial charge in [0.15, 0.2) is 0 Å². The van der Waals surface area contributed by atoms with Crippen molar-refractivity contribution in [2.45, 2.75) is 52.1 Å². The Morgan fingerprint density at radius 1 is 1.13 bits per heavy atom. The molecule has 1 heterocycles. The fraction of sp³-hybridized carbons (Fsp3) is 0.333. The molecular weight excluding hydrogens is 381 g/mol. The number of carbonyl (C=O) groups is 1. The molecule has 0 spiro atoms. The number of amides is 1. The van der Waals surface area contributed by atoms with E-state index in [1.54, 1.807) is 16.8 Å². The number of carbonyl (C=O) groups excluding carboxylic acids is 1. The second kappa shape index (κ2) is 8.69. The topological polar surface area (TPSA) is 47.4 Å². The summed E-state index contributed by atoms with van der Waals surface area (Å²) in [4.78, 5) is 14.5. The second-order valence-corrected chi connectivity index (χ2v) is 7.49. The summed E-state index contributed by atoms with van der Waals surface area (Å²) in [6, 6.07) is 16.0. The van der Waals surface area contributed by atoms with E-state index in [1.807, 2.05) is 49.1 Å². The summed E-state index contributed by atoms with van der Waals surface area (Å²) in [5, 5.41) is 4.77. The van der Waals surface area contributed by atoms with Gasteiger partial charge in [0.1, 0.15) is 11.6 Å². The van der Waals surface area contributed by atoms with Crippen molar-refractivity contribution in [1.82, 2.24) is 14.7 Å². The smallest absolute Gasteiger partial charge is 0.227 e. The Morgan fingerprint density at radius 2 is 1.83 bits per heavy atom. The number of rotatable bonds is 8. The van der Waals surface area contributed by atoms with Crippen molar-refractivity contribution in [2.24, 2.45) is 0 Å². The molecule has 3 aromatic rings. The molecule has 1 aromatic heterocycles. The maximum absolute atomic E-state index is 13.5. The average molecular weight is 407 g/mol. The maximum atomic E-state index is 13.5. The fourth-order valence-electron chi connectivity index (χ4n) is 3.56. The van der Waals surface area contributed by atoms with Crippen LogP contribution >= 0.6 is 0 Å². The summed E-state index contributed by atoms with van der Waals surface area (Å²) in [7, 11) is 0. The van der Waals surface area contributed by atoms with Crippen LogP contribution in [-0.4, -0.2) is 26.6 Å². The van der Waals surface area contributed by atoms with Gasteiger partial charge in [-0.15, -0.1) is 0 Å². The zero-order valence-corrected chi connectivity index (χ0v) is 17.3. The van der Waals surface area contributed by atoms with Crippen LogP contribution in [0.3, 0.4) is 0 Å². The van der Waals surface area contributed by atoms with E-state index in [2.05, 4.69) is 0 Å². The van der Waals surface area contributed by atoms with Crippen molar-refractivity contribution in [3.63, 3.8) is 0 Å². The zero-order valence-electron chi connectivity index (χ0n) is 17.3. The molecule has 2 aromatic carbocycles. The summed E-state index contributed by atoms with van der Waals surface area (Å²) in [5.74, 6) is 1.09. The van der Waals surface area contributed by atoms with Gasteiger partial charge in [0, 0.05) is 12.5 Å². The molecule has 4 rings (SSSR count). The molecule has 1 aliphatic carbocycles. The molecule has 1 amide bonds. The first-order chi connectivity index (χ1) is 14.6. The van der Waals surface area contributed by atoms with E-state index >= 15 is 0 Å². The Hall–Kier alpha value is -3.15. The molecule has 1 fully saturated rings. The van der Waals surface area contributed by atoms with Gasteiger partial charge in [0.05, 0.1) is 23.5 Å². The maximum Gasteiger partial charge on any atom is 0.227 e. The van der Waals surface area contributed by atoms with E-state index in [9.17, 15) is 9.18 Å². The number of hydrogen-bond donors (Lipinski definition) is 0. The van der Waals surface area contributed by atoms with Gasteiger partial charge in [0.2, 0.25) is 11.8 Å². The van der Waals surface area contributed by atoms with Crippen molar-refractivity contribution < 1.29 is 13.9 Å². The van der Waals surface area contributed by atoms with Gasteiger partial charge >= 0.3 is 0 Å². The summed E-state index contributed by atoms with van der Waals surface area (Å²) in [6.07, 6.45) is 3.24. The number of para-hydroxylation sites is 1. The Kier molecular flexibility index (Phi) is 5.84. The molecule has 0 unspecified atom stereocenters. The molecular formula is C24H26FN3O2. The van der Waals surface area contributed by atoms with Gasteiger partial charge in [-0.2, -0.15) is 5.10 Å². The zero-order chi connectivity index (χ0) is 21.1. The van der Waals surface area contributed by atoms with E-state index in [-0.39, 0.29) is 11.7 Å². The molecule has 30 heavy (non-hydrogen) atoms. The van der Waals surface area contributed by atoms with Crippen molar-refractivity contribution in [3.8, 4) is 17.3 Å². The lowest BCUT2D eigenvalue weighted by Gasteiger charge is -2.22. The van der Waals surface area contributed by atoms with Gasteiger partial charge in [-0.05, 0) is 55.7 Å². The molecule has 1 saturated carbocycles. The molecule has 0 atom stereocenters. The average Bonchev–Trinajstić information content (AvgIpc) is 3.56. The monoisotopic (exact) mass is 407 g/mol. The SMILES string of the molecule is CCC(=O)N(Cc1c(CC)nn(-c2ccc(F)cc2)c1Oc1ccccc1)C1CC1. The standard InChI is InChI=1S/C24H26FN3O2/c1-3-22-21(16-27(18-14-15-18)23(29)4-2)24(30-20-8-6-5-7-9-20)28(26-22)19-12-10-17(25)11-13-19/h5-13,18H,3-4,14-16H2,1-2H3. The Balaban J connectivity index is 1.80. The highest BCUT2D eigenvalue weighted by atomic mass is 19.1. The number of nitrogens with zero attached hydrogens (tertiary/aromatic N) is 3. The highest BCUT2D eigenvalue weighted by Crippen LogP contribution is 2.35. The van der Waals surface area contributed by atoms with Gasteiger partial charge in [-0.25, -0.2) is 9.07 Å². The second-order valence-electron chi connectivity index (χ2n) is 7.49. The van der Waals surface area contributed by atoms with Crippen LogP contribution < -0.4 is 4.74 Å². The van der Waals surface area contributed by atoms with Crippen molar-refractivity contribution in [2.75, 3.05) is 0 Å². The minimum absolute atomic E-state index is 0.139. The van der Waals surface area contributed by atoms with Crippen LogP contribution in [0.4, 0.5) is 4.39 Å². The largest absolute Gasteiger partial charge is 0.439 e. The number of halogens is 1. The van der Waals surface area contributed by atoms with Crippen molar-refractivity contribution in [1.29, 1.82) is 0 Å². The van der Waals surface area contributed by atoms with Gasteiger partial charge in [-0.3, -0.25) is 4.79 Å². The Labute approximate surface area is 176 Å². The van der Waals surface area contributed by atoms with E-state index in [0.717, 1.165) is 24.1 Å². The van der Waals surface area contributed by atoms with E-state index in [4.69, 9.17) is 9.84 Å². The fourth-order valence-corrected chi connectivity index (χ4v) is 3.56. The third-order valence-corrected chi connectivity index (χ3v) is 5.32. The summed E-state index contributed by atoms with van der Waals surface area (Å²) < 4.78 is 21.5. The lowest BCUT2D eigenvalue weighted by atomic mass is 10.1. The molecule has 0 aliphatic heterocycles. The van der Waals surface area contributed by atoms with Crippen LogP contribution in [0.2, 0.25) is 0 Å². The summed E-state index contributed by atoms with van der Waals surface area (Å²) in [6.45, 7) is 4.39. The highest BCUT2D eigenvalue weighted by Gasteiger charge is 2.34. The minimum atomic E-state index is -0.305. The number of ether oxygens (including phenoxy) is 1. The van der Waals surface area contributed by atoms with Crippen molar-refractivity contribution >= 4 is 5.91 Å². The van der Waals surface area contributed by atoms with Gasteiger partial charge < -0.3 is 9.64 Å². The number of aryl methyl sites for hydroxylation is 1. The van der Waals surface area contributed by atoms with Crippen LogP contribution in [0, 0.1) is 5.82 Å². The van der Waals surface area contributed by atoms with Crippen LogP contribution in [0.15, 0.2) is 54.6 Å². The Bertz CT molecular complexity index is 1010. The van der Waals surface area contributed by atoms with Crippen LogP contribution in [-0.2, 0) is 17.8 Å². The first-order valence-electron chi connectivity index (χ1n) is 10.5. The van der Waals surface area contributed by atoms with Crippen LogP contribution in [0.5, 0.6) is 11.6 Å². The Morgan fingerprint density at radius 3 is 2.43 bits per heavy atom. The quantitative estimate of drug-likeness (QED) is 0.511. The summed E-state index contributed by atoms with van der Waals surface area (Å²) in [5.41, 5.74) is 2.49. The first kappa shape index (κ1) is 20.1. The molecule has 0 radical (unpaired) electrons. The van der Waals surface area contributed by atoms with E-state index in [0.29, 0.717) is 42.7 Å². The lowest BCUT2D eigenvalue weighted by molar-refractivity contribution is -0.132. The third kappa shape index (κ3) is 4.22. The first-order valence-corrected chi connectivity index (χ1v) is 10.5. The van der Waals surface area contributed by atoms with E-state index < -0.39 is 0 Å². The van der Waals surface area contributed by atoms with Crippen molar-refractivity contribution in [3.05, 3.63) is 71.7 Å². The molecule has 0 N–H and O–H groups in total. The van der Waals surface area contributed by atoms with E-state index in [1.165, 1.54) is 12.1 Å². The third-order valence-electron chi connectivity index (χ3n) is 5.32. The number of hydrogen-bond acceptors (Lipinski definition) is 3. The predicted molar refractivity (Wildman–Crippen MR) is 113 cm³/mol. The molecule has 0 saturated heterocycles. The van der Waals surface area contributed by atoms with Gasteiger partial charge in [-0.1, -0.05) is 32.0 Å². The normalized spacial score (nSPS) is 13.3. The minimum Gasteiger partial charge on any atom is -0.439 e. The number of aromatic nitrogens is 2. The van der Waals surface area contributed by atoms with Gasteiger partial charge in [0.25, 0.3) is 0 Å². The number of benzene rings is 2. The molecule has 1 aliphatic rings. The summed E-state index contributed by atoms with van der Waals surface area (Å²) >= 11 is 0. The molecule has 0 bridgehead atoms. The molecule has 5 nitrogen and oxygen atoms in total. The molecule has 156 valence electrons. The van der Waals surface area contributed by atoms with Crippen LogP contribution in [0.25, 0.3) is 5.69 Å². The highest BCUT2D eigenvalue weighted by molar-refractivity contribution is 5.76. The molecule has 6 heteroatoms. The lowest BCUT2D eigenvalue weighted by Crippen LogP contribution is -2.32.